The fraction of sp³-hybridized carbons (Fsp3) is 0.364. The van der Waals surface area contributed by atoms with Gasteiger partial charge in [0.05, 0.1) is 23.5 Å². The summed E-state index contributed by atoms with van der Waals surface area (Å²) < 4.78 is 0. The highest BCUT2D eigenvalue weighted by Gasteiger charge is 2.07. The van der Waals surface area contributed by atoms with Crippen molar-refractivity contribution in [3.8, 4) is 17.3 Å². The van der Waals surface area contributed by atoms with E-state index in [1.165, 1.54) is 6.42 Å². The highest BCUT2D eigenvalue weighted by atomic mass is 15.1. The third-order valence-electron chi connectivity index (χ3n) is 3.98. The average molecular weight is 381 g/mol. The minimum Gasteiger partial charge on any atom is -0.402 e. The molecule has 1 heterocycles. The number of hydrogen-bond donors (Lipinski definition) is 4. The second kappa shape index (κ2) is 11.8. The summed E-state index contributed by atoms with van der Waals surface area (Å²) in [4.78, 5) is 4.55. The summed E-state index contributed by atoms with van der Waals surface area (Å²) in [5, 5.41) is 12.1. The number of pyridine rings is 1. The second-order valence-corrected chi connectivity index (χ2v) is 7.03. The van der Waals surface area contributed by atoms with Gasteiger partial charge in [0.1, 0.15) is 5.82 Å². The Bertz CT molecular complexity index is 816. The first-order valence-electron chi connectivity index (χ1n) is 9.46. The van der Waals surface area contributed by atoms with Crippen molar-refractivity contribution in [3.63, 3.8) is 0 Å². The molecule has 2 aromatic rings. The van der Waals surface area contributed by atoms with E-state index in [4.69, 9.17) is 22.5 Å². The SMILES string of the molecule is C/C(N)=C/C(N)Nc1cc(CN)cc(-c2cccc(C#N)c2)n1.CCC(C)C. The van der Waals surface area contributed by atoms with Gasteiger partial charge < -0.3 is 22.5 Å². The monoisotopic (exact) mass is 380 g/mol. The molecule has 1 aromatic heterocycles. The minimum absolute atomic E-state index is 0.378. The van der Waals surface area contributed by atoms with E-state index in [-0.39, 0.29) is 0 Å². The summed E-state index contributed by atoms with van der Waals surface area (Å²) >= 11 is 0. The average Bonchev–Trinajstić information content (AvgIpc) is 2.67. The van der Waals surface area contributed by atoms with Crippen molar-refractivity contribution in [2.75, 3.05) is 5.32 Å². The molecule has 0 radical (unpaired) electrons. The van der Waals surface area contributed by atoms with Crippen LogP contribution in [0.4, 0.5) is 5.82 Å². The van der Waals surface area contributed by atoms with Crippen LogP contribution in [0.1, 0.15) is 45.2 Å². The molecule has 0 aliphatic heterocycles. The molecular weight excluding hydrogens is 348 g/mol. The molecule has 2 rings (SSSR count). The van der Waals surface area contributed by atoms with Gasteiger partial charge in [-0.2, -0.15) is 5.26 Å². The number of allylic oxidation sites excluding steroid dienone is 1. The van der Waals surface area contributed by atoms with Crippen molar-refractivity contribution >= 4 is 5.82 Å². The van der Waals surface area contributed by atoms with Gasteiger partial charge >= 0.3 is 0 Å². The molecule has 150 valence electrons. The van der Waals surface area contributed by atoms with Crippen molar-refractivity contribution in [2.24, 2.45) is 23.1 Å². The predicted molar refractivity (Wildman–Crippen MR) is 117 cm³/mol. The Morgan fingerprint density at radius 2 is 1.96 bits per heavy atom. The number of nitrogens with one attached hydrogen (secondary N) is 1. The lowest BCUT2D eigenvalue weighted by Crippen LogP contribution is -2.28. The molecule has 7 N–H and O–H groups in total. The Balaban J connectivity index is 0.000000696. The van der Waals surface area contributed by atoms with Crippen molar-refractivity contribution in [1.29, 1.82) is 5.26 Å². The first kappa shape index (κ1) is 23.2. The quantitative estimate of drug-likeness (QED) is 0.566. The van der Waals surface area contributed by atoms with Crippen LogP contribution in [0.3, 0.4) is 0 Å². The van der Waals surface area contributed by atoms with Gasteiger partial charge in [-0.05, 0) is 48.7 Å². The van der Waals surface area contributed by atoms with Crippen LogP contribution in [0.25, 0.3) is 11.3 Å². The Kier molecular flexibility index (Phi) is 9.72. The number of benzene rings is 1. The zero-order chi connectivity index (χ0) is 21.1. The van der Waals surface area contributed by atoms with Gasteiger partial charge in [0, 0.05) is 17.8 Å². The molecule has 0 saturated heterocycles. The highest BCUT2D eigenvalue weighted by Crippen LogP contribution is 2.22. The molecule has 0 bridgehead atoms. The second-order valence-electron chi connectivity index (χ2n) is 7.03. The standard InChI is InChI=1S/C17H20N6.C5H12/c1-11(20)5-16(21)23-17-8-13(10-19)7-15(22-17)14-4-2-3-12(6-14)9-18;1-4-5(2)3/h2-8,16H,10,19-21H2,1H3,(H,22,23);5H,4H2,1-3H3/b11-5-;. The summed E-state index contributed by atoms with van der Waals surface area (Å²) in [5.41, 5.74) is 21.0. The van der Waals surface area contributed by atoms with Crippen LogP contribution in [0.5, 0.6) is 0 Å². The van der Waals surface area contributed by atoms with Crippen LogP contribution in [0.15, 0.2) is 48.2 Å². The lowest BCUT2D eigenvalue weighted by Gasteiger charge is -2.14. The van der Waals surface area contributed by atoms with Gasteiger partial charge in [-0.25, -0.2) is 4.98 Å². The summed E-state index contributed by atoms with van der Waals surface area (Å²) in [7, 11) is 0. The van der Waals surface area contributed by atoms with Crippen molar-refractivity contribution < 1.29 is 0 Å². The zero-order valence-corrected chi connectivity index (χ0v) is 17.2. The first-order valence-corrected chi connectivity index (χ1v) is 9.46. The number of nitrogens with zero attached hydrogens (tertiary/aromatic N) is 2. The van der Waals surface area contributed by atoms with Gasteiger partial charge in [-0.1, -0.05) is 39.3 Å². The van der Waals surface area contributed by atoms with Crippen LogP contribution in [0, 0.1) is 17.2 Å². The molecule has 0 fully saturated rings. The summed E-state index contributed by atoms with van der Waals surface area (Å²) in [6.45, 7) is 8.79. The number of anilines is 1. The van der Waals surface area contributed by atoms with E-state index < -0.39 is 6.17 Å². The normalized spacial score (nSPS) is 12.0. The molecule has 1 unspecified atom stereocenters. The van der Waals surface area contributed by atoms with Crippen LogP contribution >= 0.6 is 0 Å². The lowest BCUT2D eigenvalue weighted by molar-refractivity contribution is 0.626. The molecular formula is C22H32N6. The molecule has 0 amide bonds. The molecule has 0 saturated carbocycles. The van der Waals surface area contributed by atoms with E-state index in [0.29, 0.717) is 23.6 Å². The van der Waals surface area contributed by atoms with Crippen LogP contribution < -0.4 is 22.5 Å². The largest absolute Gasteiger partial charge is 0.402 e. The third kappa shape index (κ3) is 8.21. The number of aromatic nitrogens is 1. The fourth-order valence-corrected chi connectivity index (χ4v) is 2.17. The van der Waals surface area contributed by atoms with Gasteiger partial charge in [0.2, 0.25) is 0 Å². The maximum absolute atomic E-state index is 9.03. The van der Waals surface area contributed by atoms with E-state index in [1.54, 1.807) is 25.1 Å². The van der Waals surface area contributed by atoms with E-state index in [1.807, 2.05) is 24.3 Å². The maximum atomic E-state index is 9.03. The van der Waals surface area contributed by atoms with Crippen LogP contribution in [0.2, 0.25) is 0 Å². The number of nitrogens with two attached hydrogens (primary N) is 3. The van der Waals surface area contributed by atoms with Gasteiger partial charge in [0.15, 0.2) is 0 Å². The lowest BCUT2D eigenvalue weighted by atomic mass is 10.1. The highest BCUT2D eigenvalue weighted by molar-refractivity contribution is 5.64. The summed E-state index contributed by atoms with van der Waals surface area (Å²) in [6, 6.07) is 13.1. The van der Waals surface area contributed by atoms with E-state index >= 15 is 0 Å². The predicted octanol–water partition coefficient (Wildman–Crippen LogP) is 3.69. The Hall–Kier alpha value is -2.88. The third-order valence-corrected chi connectivity index (χ3v) is 3.98. The van der Waals surface area contributed by atoms with E-state index in [2.05, 4.69) is 37.1 Å². The molecule has 0 spiro atoms. The maximum Gasteiger partial charge on any atom is 0.128 e. The smallest absolute Gasteiger partial charge is 0.128 e. The van der Waals surface area contributed by atoms with Gasteiger partial charge in [-0.3, -0.25) is 0 Å². The molecule has 1 aromatic carbocycles. The van der Waals surface area contributed by atoms with E-state index in [0.717, 1.165) is 22.7 Å². The number of nitriles is 1. The van der Waals surface area contributed by atoms with Crippen molar-refractivity contribution in [2.45, 2.75) is 46.8 Å². The zero-order valence-electron chi connectivity index (χ0n) is 17.2. The first-order chi connectivity index (χ1) is 13.3. The Labute approximate surface area is 168 Å². The molecule has 28 heavy (non-hydrogen) atoms. The Morgan fingerprint density at radius 3 is 2.50 bits per heavy atom. The summed E-state index contributed by atoms with van der Waals surface area (Å²) in [5.74, 6) is 1.49. The van der Waals surface area contributed by atoms with Crippen molar-refractivity contribution in [1.82, 2.24) is 4.98 Å². The molecule has 6 nitrogen and oxygen atoms in total. The van der Waals surface area contributed by atoms with Crippen LogP contribution in [-0.4, -0.2) is 11.1 Å². The van der Waals surface area contributed by atoms with Gasteiger partial charge in [0.25, 0.3) is 0 Å². The number of rotatable bonds is 6. The molecule has 6 heteroatoms. The van der Waals surface area contributed by atoms with E-state index in [9.17, 15) is 0 Å². The molecule has 0 aliphatic rings. The topological polar surface area (TPSA) is 127 Å². The van der Waals surface area contributed by atoms with Crippen LogP contribution in [-0.2, 0) is 6.54 Å². The fourth-order valence-electron chi connectivity index (χ4n) is 2.17. The number of hydrogen-bond acceptors (Lipinski definition) is 6. The molecule has 0 aliphatic carbocycles. The Morgan fingerprint density at radius 1 is 1.29 bits per heavy atom. The summed E-state index contributed by atoms with van der Waals surface area (Å²) in [6.07, 6.45) is 2.56. The van der Waals surface area contributed by atoms with Gasteiger partial charge in [-0.15, -0.1) is 0 Å². The molecule has 1 atom stereocenters. The minimum atomic E-state index is -0.446. The van der Waals surface area contributed by atoms with Crippen molar-refractivity contribution in [3.05, 3.63) is 59.3 Å².